The van der Waals surface area contributed by atoms with Gasteiger partial charge in [0.25, 0.3) is 5.91 Å². The maximum absolute atomic E-state index is 12.9. The van der Waals surface area contributed by atoms with Gasteiger partial charge in [0, 0.05) is 31.5 Å². The molecule has 0 unspecified atom stereocenters. The largest absolute Gasteiger partial charge is 0.438 e. The van der Waals surface area contributed by atoms with Crippen LogP contribution in [0.2, 0.25) is 0 Å². The molecule has 1 saturated heterocycles. The van der Waals surface area contributed by atoms with Crippen molar-refractivity contribution in [3.63, 3.8) is 0 Å². The Hall–Kier alpha value is -3.35. The summed E-state index contributed by atoms with van der Waals surface area (Å²) in [5.74, 6) is -0.164. The summed E-state index contributed by atoms with van der Waals surface area (Å²) in [5.41, 5.74) is 1.96. The fraction of sp³-hybridized carbons (Fsp3) is 0.250. The average Bonchev–Trinajstić information content (AvgIpc) is 3.12. The monoisotopic (exact) mass is 363 g/mol. The highest BCUT2D eigenvalue weighted by molar-refractivity contribution is 6.04. The first-order valence-electron chi connectivity index (χ1n) is 8.89. The average molecular weight is 363 g/mol. The number of fused-ring (bicyclic) bond motifs is 3. The van der Waals surface area contributed by atoms with Crippen molar-refractivity contribution in [1.29, 1.82) is 0 Å². The van der Waals surface area contributed by atoms with Gasteiger partial charge in [-0.05, 0) is 18.2 Å². The van der Waals surface area contributed by atoms with Crippen LogP contribution >= 0.6 is 0 Å². The number of piperidine rings is 1. The van der Waals surface area contributed by atoms with E-state index in [2.05, 4.69) is 10.5 Å². The van der Waals surface area contributed by atoms with Gasteiger partial charge in [-0.3, -0.25) is 10.1 Å². The van der Waals surface area contributed by atoms with Crippen LogP contribution < -0.4 is 5.32 Å². The number of carbonyl (C=O) groups excluding carboxylic acids is 2. The summed E-state index contributed by atoms with van der Waals surface area (Å²) in [4.78, 5) is 26.7. The third-order valence-corrected chi connectivity index (χ3v) is 5.38. The molecule has 2 aliphatic heterocycles. The molecule has 136 valence electrons. The molecule has 0 bridgehead atoms. The van der Waals surface area contributed by atoms with Crippen LogP contribution in [-0.2, 0) is 10.3 Å². The summed E-state index contributed by atoms with van der Waals surface area (Å²) >= 11 is 0. The molecule has 7 heteroatoms. The first-order valence-corrected chi connectivity index (χ1v) is 8.89. The van der Waals surface area contributed by atoms with Crippen molar-refractivity contribution in [2.75, 3.05) is 18.4 Å². The summed E-state index contributed by atoms with van der Waals surface area (Å²) in [6.45, 7) is 0.948. The lowest BCUT2D eigenvalue weighted by Gasteiger charge is -2.44. The van der Waals surface area contributed by atoms with Crippen molar-refractivity contribution < 1.29 is 18.8 Å². The van der Waals surface area contributed by atoms with Gasteiger partial charge in [0.15, 0.2) is 11.3 Å². The lowest BCUT2D eigenvalue weighted by Crippen LogP contribution is -2.49. The molecule has 27 heavy (non-hydrogen) atoms. The Morgan fingerprint density at radius 3 is 2.67 bits per heavy atom. The number of aromatic nitrogens is 1. The number of rotatable bonds is 1. The molecule has 2 amide bonds. The van der Waals surface area contributed by atoms with Gasteiger partial charge >= 0.3 is 6.09 Å². The third-order valence-electron chi connectivity index (χ3n) is 5.38. The quantitative estimate of drug-likeness (QED) is 0.715. The van der Waals surface area contributed by atoms with Gasteiger partial charge in [-0.15, -0.1) is 0 Å². The molecule has 2 aromatic carbocycles. The molecule has 0 saturated carbocycles. The topological polar surface area (TPSA) is 84.7 Å². The molecule has 7 nitrogen and oxygen atoms in total. The van der Waals surface area contributed by atoms with E-state index in [0.29, 0.717) is 42.6 Å². The van der Waals surface area contributed by atoms with E-state index in [4.69, 9.17) is 9.26 Å². The molecule has 1 fully saturated rings. The number of amides is 2. The Morgan fingerprint density at radius 2 is 1.81 bits per heavy atom. The normalized spacial score (nSPS) is 18.1. The number of hydrogen-bond acceptors (Lipinski definition) is 5. The predicted octanol–water partition coefficient (Wildman–Crippen LogP) is 3.52. The minimum Gasteiger partial charge on any atom is -0.438 e. The number of hydrogen-bond donors (Lipinski definition) is 1. The smallest absolute Gasteiger partial charge is 0.412 e. The van der Waals surface area contributed by atoms with Crippen LogP contribution in [0, 0.1) is 0 Å². The van der Waals surface area contributed by atoms with Crippen LogP contribution in [0.1, 0.15) is 28.9 Å². The Balaban J connectivity index is 1.41. The second kappa shape index (κ2) is 5.84. The van der Waals surface area contributed by atoms with Crippen molar-refractivity contribution in [2.45, 2.75) is 18.4 Å². The minimum atomic E-state index is -0.693. The molecule has 0 radical (unpaired) electrons. The number of anilines is 1. The summed E-state index contributed by atoms with van der Waals surface area (Å²) in [6, 6.07) is 15.0. The van der Waals surface area contributed by atoms with E-state index in [1.807, 2.05) is 42.5 Å². The number of nitrogens with one attached hydrogen (secondary N) is 1. The van der Waals surface area contributed by atoms with Crippen molar-refractivity contribution >= 4 is 28.7 Å². The molecule has 1 aromatic heterocycles. The van der Waals surface area contributed by atoms with E-state index in [9.17, 15) is 9.59 Å². The van der Waals surface area contributed by atoms with Gasteiger partial charge < -0.3 is 14.2 Å². The van der Waals surface area contributed by atoms with Crippen LogP contribution in [0.3, 0.4) is 0 Å². The van der Waals surface area contributed by atoms with Crippen molar-refractivity contribution in [3.8, 4) is 0 Å². The van der Waals surface area contributed by atoms with E-state index in [1.54, 1.807) is 11.0 Å². The number of carbonyl (C=O) groups is 2. The van der Waals surface area contributed by atoms with E-state index in [1.165, 1.54) is 0 Å². The van der Waals surface area contributed by atoms with Gasteiger partial charge in [-0.1, -0.05) is 35.5 Å². The Bertz CT molecular complexity index is 1050. The standard InChI is InChI=1S/C20H17N3O4/c24-18(17-13-5-1-4-8-16(13)27-22-17)23-11-9-20(10-12-23)14-6-2-3-7-15(14)21-19(25)26-20/h1-8H,9-12H2,(H,21,25). The molecule has 5 rings (SSSR count). The molecule has 1 spiro atoms. The Morgan fingerprint density at radius 1 is 1.07 bits per heavy atom. The lowest BCUT2D eigenvalue weighted by atomic mass is 9.82. The number of nitrogens with zero attached hydrogens (tertiary/aromatic N) is 2. The second-order valence-corrected chi connectivity index (χ2v) is 6.87. The molecular weight excluding hydrogens is 346 g/mol. The van der Waals surface area contributed by atoms with Gasteiger partial charge in [0.05, 0.1) is 11.1 Å². The SMILES string of the molecule is O=C1Nc2ccccc2C2(CCN(C(=O)c3noc4ccccc34)CC2)O1. The Labute approximate surface area is 154 Å². The van der Waals surface area contributed by atoms with Crippen LogP contribution in [0.15, 0.2) is 53.1 Å². The Kier molecular flexibility index (Phi) is 3.43. The molecule has 0 atom stereocenters. The zero-order valence-corrected chi connectivity index (χ0v) is 14.5. The zero-order chi connectivity index (χ0) is 18.4. The lowest BCUT2D eigenvalue weighted by molar-refractivity contribution is -0.0333. The molecule has 2 aliphatic rings. The zero-order valence-electron chi connectivity index (χ0n) is 14.5. The van der Waals surface area contributed by atoms with Crippen LogP contribution in [0.5, 0.6) is 0 Å². The van der Waals surface area contributed by atoms with Gasteiger partial charge in [-0.25, -0.2) is 4.79 Å². The first-order chi connectivity index (χ1) is 13.2. The molecule has 3 heterocycles. The third kappa shape index (κ3) is 2.46. The minimum absolute atomic E-state index is 0.164. The van der Waals surface area contributed by atoms with E-state index >= 15 is 0 Å². The van der Waals surface area contributed by atoms with Crippen molar-refractivity contribution in [3.05, 3.63) is 59.8 Å². The number of benzene rings is 2. The summed E-state index contributed by atoms with van der Waals surface area (Å²) < 4.78 is 11.0. The van der Waals surface area contributed by atoms with E-state index in [-0.39, 0.29) is 5.91 Å². The number of para-hydroxylation sites is 2. The fourth-order valence-corrected chi connectivity index (χ4v) is 3.99. The number of ether oxygens (including phenoxy) is 1. The predicted molar refractivity (Wildman–Crippen MR) is 97.4 cm³/mol. The molecule has 3 aromatic rings. The van der Waals surface area contributed by atoms with Crippen LogP contribution in [-0.4, -0.2) is 35.1 Å². The second-order valence-electron chi connectivity index (χ2n) is 6.87. The summed E-state index contributed by atoms with van der Waals surface area (Å²) in [5, 5.41) is 7.41. The molecular formula is C20H17N3O4. The van der Waals surface area contributed by atoms with E-state index < -0.39 is 11.7 Å². The van der Waals surface area contributed by atoms with Gasteiger partial charge in [0.2, 0.25) is 0 Å². The summed E-state index contributed by atoms with van der Waals surface area (Å²) in [6.07, 6.45) is 0.633. The summed E-state index contributed by atoms with van der Waals surface area (Å²) in [7, 11) is 0. The van der Waals surface area contributed by atoms with Crippen LogP contribution in [0.25, 0.3) is 11.0 Å². The van der Waals surface area contributed by atoms with Crippen molar-refractivity contribution in [2.24, 2.45) is 0 Å². The van der Waals surface area contributed by atoms with Crippen molar-refractivity contribution in [1.82, 2.24) is 10.1 Å². The molecule has 1 N–H and O–H groups in total. The highest BCUT2D eigenvalue weighted by Crippen LogP contribution is 2.43. The maximum atomic E-state index is 12.9. The van der Waals surface area contributed by atoms with Gasteiger partial charge in [-0.2, -0.15) is 0 Å². The first kappa shape index (κ1) is 15.9. The fourth-order valence-electron chi connectivity index (χ4n) is 3.99. The highest BCUT2D eigenvalue weighted by atomic mass is 16.6. The molecule has 0 aliphatic carbocycles. The van der Waals surface area contributed by atoms with Gasteiger partial charge in [0.1, 0.15) is 5.60 Å². The maximum Gasteiger partial charge on any atom is 0.412 e. The van der Waals surface area contributed by atoms with Crippen LogP contribution in [0.4, 0.5) is 10.5 Å². The number of likely N-dealkylation sites (tertiary alicyclic amines) is 1. The van der Waals surface area contributed by atoms with E-state index in [0.717, 1.165) is 11.3 Å². The highest BCUT2D eigenvalue weighted by Gasteiger charge is 2.45.